The van der Waals surface area contributed by atoms with Crippen molar-refractivity contribution < 1.29 is 22.3 Å². The summed E-state index contributed by atoms with van der Waals surface area (Å²) in [5.41, 5.74) is 0.101. The van der Waals surface area contributed by atoms with Crippen LogP contribution in [0.4, 0.5) is 17.6 Å². The van der Waals surface area contributed by atoms with Crippen molar-refractivity contribution in [2.45, 2.75) is 45.8 Å². The molecule has 0 unspecified atom stereocenters. The van der Waals surface area contributed by atoms with E-state index in [4.69, 9.17) is 4.74 Å². The molecule has 0 N–H and O–H groups in total. The molecule has 2 aromatic rings. The molecule has 1 aromatic heterocycles. The molecule has 7 heteroatoms. The Kier molecular flexibility index (Phi) is 4.50. The molecule has 1 aromatic carbocycles. The normalized spacial score (nSPS) is 18.8. The van der Waals surface area contributed by atoms with Gasteiger partial charge in [0.05, 0.1) is 11.8 Å². The number of fused-ring (bicyclic) bond motifs is 1. The minimum atomic E-state index is -2.69. The third-order valence-electron chi connectivity index (χ3n) is 4.60. The largest absolute Gasteiger partial charge is 0.482 e. The summed E-state index contributed by atoms with van der Waals surface area (Å²) in [6, 6.07) is 3.48. The van der Waals surface area contributed by atoms with E-state index in [1.807, 2.05) is 0 Å². The molecule has 2 heterocycles. The lowest BCUT2D eigenvalue weighted by atomic mass is 9.99. The van der Waals surface area contributed by atoms with Crippen LogP contribution < -0.4 is 4.74 Å². The number of benzene rings is 1. The first-order valence-corrected chi connectivity index (χ1v) is 8.12. The number of hydrogen-bond acceptors (Lipinski definition) is 3. The highest BCUT2D eigenvalue weighted by Crippen LogP contribution is 2.36. The van der Waals surface area contributed by atoms with Gasteiger partial charge in [-0.3, -0.25) is 9.98 Å². The third kappa shape index (κ3) is 3.06. The van der Waals surface area contributed by atoms with Crippen LogP contribution in [0.25, 0.3) is 0 Å². The molecular weight excluding hydrogens is 348 g/mol. The SMILES string of the molecule is Cc1cc(C2=N[C@@H](C)C(C)(C)Oc3c2ccc(F)c3F)cnc1C(F)F. The van der Waals surface area contributed by atoms with Gasteiger partial charge in [-0.2, -0.15) is 4.39 Å². The third-order valence-corrected chi connectivity index (χ3v) is 4.60. The molecule has 0 amide bonds. The van der Waals surface area contributed by atoms with Crippen LogP contribution in [0.1, 0.15) is 49.6 Å². The van der Waals surface area contributed by atoms with E-state index in [-0.39, 0.29) is 17.0 Å². The lowest BCUT2D eigenvalue weighted by Crippen LogP contribution is -2.38. The molecule has 0 bridgehead atoms. The quantitative estimate of drug-likeness (QED) is 0.701. The second kappa shape index (κ2) is 6.37. The predicted molar refractivity (Wildman–Crippen MR) is 90.1 cm³/mol. The first-order valence-electron chi connectivity index (χ1n) is 8.12. The summed E-state index contributed by atoms with van der Waals surface area (Å²) in [6.07, 6.45) is -1.43. The summed E-state index contributed by atoms with van der Waals surface area (Å²) < 4.78 is 59.8. The van der Waals surface area contributed by atoms with Crippen LogP contribution in [-0.4, -0.2) is 22.3 Å². The Morgan fingerprint density at radius 2 is 1.88 bits per heavy atom. The molecule has 1 atom stereocenters. The minimum absolute atomic E-state index is 0.242. The summed E-state index contributed by atoms with van der Waals surface area (Å²) in [7, 11) is 0. The number of rotatable bonds is 2. The van der Waals surface area contributed by atoms with E-state index in [9.17, 15) is 17.6 Å². The highest BCUT2D eigenvalue weighted by molar-refractivity contribution is 6.14. The van der Waals surface area contributed by atoms with Gasteiger partial charge in [0.2, 0.25) is 5.82 Å². The van der Waals surface area contributed by atoms with E-state index in [0.717, 1.165) is 6.07 Å². The van der Waals surface area contributed by atoms with Crippen LogP contribution in [0.5, 0.6) is 5.75 Å². The van der Waals surface area contributed by atoms with Gasteiger partial charge in [0.25, 0.3) is 6.43 Å². The van der Waals surface area contributed by atoms with Crippen molar-refractivity contribution in [2.75, 3.05) is 0 Å². The Bertz CT molecular complexity index is 893. The van der Waals surface area contributed by atoms with E-state index in [1.54, 1.807) is 20.8 Å². The van der Waals surface area contributed by atoms with Gasteiger partial charge in [0.15, 0.2) is 11.6 Å². The maximum Gasteiger partial charge on any atom is 0.280 e. The van der Waals surface area contributed by atoms with Crippen molar-refractivity contribution in [3.63, 3.8) is 0 Å². The Hall–Kier alpha value is -2.44. The fraction of sp³-hybridized carbons (Fsp3) is 0.368. The summed E-state index contributed by atoms with van der Waals surface area (Å²) >= 11 is 0. The lowest BCUT2D eigenvalue weighted by molar-refractivity contribution is 0.0831. The van der Waals surface area contributed by atoms with E-state index in [2.05, 4.69) is 9.98 Å². The molecule has 1 aliphatic rings. The second-order valence-electron chi connectivity index (χ2n) is 6.82. The molecule has 0 saturated heterocycles. The smallest absolute Gasteiger partial charge is 0.280 e. The standard InChI is InChI=1S/C19H18F4N2O/c1-9-7-11(8-24-15(9)18(22)23)16-12-5-6-13(20)14(21)17(12)26-19(3,4)10(2)25-16/h5-8,10,18H,1-4H3/t10-/m0/s1. The van der Waals surface area contributed by atoms with Crippen LogP contribution in [0.2, 0.25) is 0 Å². The van der Waals surface area contributed by atoms with E-state index < -0.39 is 29.7 Å². The highest BCUT2D eigenvalue weighted by Gasteiger charge is 2.35. The van der Waals surface area contributed by atoms with Crippen molar-refractivity contribution in [2.24, 2.45) is 4.99 Å². The molecule has 0 fully saturated rings. The molecule has 0 aliphatic carbocycles. The van der Waals surface area contributed by atoms with Crippen molar-refractivity contribution >= 4 is 5.71 Å². The molecule has 0 saturated carbocycles. The van der Waals surface area contributed by atoms with Gasteiger partial charge >= 0.3 is 0 Å². The van der Waals surface area contributed by atoms with Crippen molar-refractivity contribution in [1.29, 1.82) is 0 Å². The van der Waals surface area contributed by atoms with Gasteiger partial charge in [0.1, 0.15) is 11.3 Å². The van der Waals surface area contributed by atoms with Gasteiger partial charge in [-0.1, -0.05) is 0 Å². The van der Waals surface area contributed by atoms with Gasteiger partial charge in [-0.25, -0.2) is 13.2 Å². The predicted octanol–water partition coefficient (Wildman–Crippen LogP) is 5.00. The minimum Gasteiger partial charge on any atom is -0.482 e. The average Bonchev–Trinajstić information content (AvgIpc) is 2.66. The number of halogens is 4. The second-order valence-corrected chi connectivity index (χ2v) is 6.82. The maximum absolute atomic E-state index is 14.4. The topological polar surface area (TPSA) is 34.5 Å². The number of nitrogens with zero attached hydrogens (tertiary/aromatic N) is 2. The first-order chi connectivity index (χ1) is 12.1. The van der Waals surface area contributed by atoms with Crippen LogP contribution in [0.3, 0.4) is 0 Å². The number of alkyl halides is 2. The lowest BCUT2D eigenvalue weighted by Gasteiger charge is -2.29. The first kappa shape index (κ1) is 18.4. The van der Waals surface area contributed by atoms with E-state index in [1.165, 1.54) is 25.3 Å². The summed E-state index contributed by atoms with van der Waals surface area (Å²) in [4.78, 5) is 8.42. The monoisotopic (exact) mass is 366 g/mol. The fourth-order valence-electron chi connectivity index (χ4n) is 2.76. The molecule has 3 rings (SSSR count). The maximum atomic E-state index is 14.4. The zero-order chi connectivity index (χ0) is 19.2. The van der Waals surface area contributed by atoms with E-state index >= 15 is 0 Å². The number of aryl methyl sites for hydroxylation is 1. The molecule has 0 radical (unpaired) electrons. The summed E-state index contributed by atoms with van der Waals surface area (Å²) in [5, 5.41) is 0. The number of aliphatic imine (C=N–C) groups is 1. The van der Waals surface area contributed by atoms with Crippen LogP contribution >= 0.6 is 0 Å². The van der Waals surface area contributed by atoms with Gasteiger partial charge < -0.3 is 4.74 Å². The molecule has 3 nitrogen and oxygen atoms in total. The zero-order valence-electron chi connectivity index (χ0n) is 14.8. The summed E-state index contributed by atoms with van der Waals surface area (Å²) in [5.74, 6) is -2.38. The molecule has 1 aliphatic heterocycles. The molecular formula is C19H18F4N2O. The average molecular weight is 366 g/mol. The summed E-state index contributed by atoms with van der Waals surface area (Å²) in [6.45, 7) is 6.75. The van der Waals surface area contributed by atoms with Crippen molar-refractivity contribution in [3.05, 3.63) is 58.4 Å². The Morgan fingerprint density at radius 1 is 1.19 bits per heavy atom. The Morgan fingerprint density at radius 3 is 2.50 bits per heavy atom. The number of hydrogen-bond donors (Lipinski definition) is 0. The number of aromatic nitrogens is 1. The van der Waals surface area contributed by atoms with Crippen LogP contribution in [0, 0.1) is 18.6 Å². The van der Waals surface area contributed by atoms with E-state index in [0.29, 0.717) is 16.8 Å². The highest BCUT2D eigenvalue weighted by atomic mass is 19.3. The molecule has 0 spiro atoms. The van der Waals surface area contributed by atoms with Crippen molar-refractivity contribution in [1.82, 2.24) is 4.98 Å². The van der Waals surface area contributed by atoms with Crippen LogP contribution in [0.15, 0.2) is 29.4 Å². The van der Waals surface area contributed by atoms with Crippen LogP contribution in [-0.2, 0) is 0 Å². The number of pyridine rings is 1. The van der Waals surface area contributed by atoms with Gasteiger partial charge in [-0.05, 0) is 51.5 Å². The zero-order valence-corrected chi connectivity index (χ0v) is 14.8. The van der Waals surface area contributed by atoms with Gasteiger partial charge in [-0.15, -0.1) is 0 Å². The molecule has 26 heavy (non-hydrogen) atoms. The number of ether oxygens (including phenoxy) is 1. The molecule has 138 valence electrons. The fourth-order valence-corrected chi connectivity index (χ4v) is 2.76. The Labute approximate surface area is 148 Å². The van der Waals surface area contributed by atoms with Crippen molar-refractivity contribution in [3.8, 4) is 5.75 Å². The Balaban J connectivity index is 2.24. The van der Waals surface area contributed by atoms with Gasteiger partial charge in [0, 0.05) is 17.3 Å².